The Morgan fingerprint density at radius 2 is 1.96 bits per heavy atom. The molecule has 158 valence electrons. The molecule has 1 aliphatic heterocycles. The van der Waals surface area contributed by atoms with Crippen LogP contribution in [0.15, 0.2) is 12.5 Å². The first kappa shape index (κ1) is 22.2. The summed E-state index contributed by atoms with van der Waals surface area (Å²) >= 11 is 0. The fraction of sp³-hybridized carbons (Fsp3) is 0.737. The van der Waals surface area contributed by atoms with Gasteiger partial charge in [0.1, 0.15) is 11.3 Å². The first-order valence-electron chi connectivity index (χ1n) is 10.0. The van der Waals surface area contributed by atoms with Crippen molar-refractivity contribution in [1.82, 2.24) is 30.4 Å². The molecule has 28 heavy (non-hydrogen) atoms. The molecule has 0 unspecified atom stereocenters. The highest BCUT2D eigenvalue weighted by Gasteiger charge is 2.19. The van der Waals surface area contributed by atoms with E-state index in [0.717, 1.165) is 39.1 Å². The van der Waals surface area contributed by atoms with Gasteiger partial charge in [-0.05, 0) is 40.2 Å². The molecule has 9 nitrogen and oxygen atoms in total. The molecular weight excluding hydrogens is 360 g/mol. The molecule has 0 atom stereocenters. The second-order valence-corrected chi connectivity index (χ2v) is 7.98. The first-order chi connectivity index (χ1) is 13.3. The maximum atomic E-state index is 12.7. The Bertz CT molecular complexity index is 593. The summed E-state index contributed by atoms with van der Waals surface area (Å²) in [4.78, 5) is 35.5. The summed E-state index contributed by atoms with van der Waals surface area (Å²) < 4.78 is 5.23. The van der Waals surface area contributed by atoms with E-state index in [4.69, 9.17) is 4.74 Å². The third-order valence-electron chi connectivity index (χ3n) is 4.40. The van der Waals surface area contributed by atoms with Crippen molar-refractivity contribution in [3.8, 4) is 0 Å². The quantitative estimate of drug-likeness (QED) is 0.541. The van der Waals surface area contributed by atoms with E-state index in [1.165, 1.54) is 6.33 Å². The maximum absolute atomic E-state index is 12.7. The van der Waals surface area contributed by atoms with E-state index in [1.807, 2.05) is 25.7 Å². The number of ether oxygens (including phenoxy) is 1. The third-order valence-corrected chi connectivity index (χ3v) is 4.40. The number of piperazine rings is 1. The molecule has 0 spiro atoms. The van der Waals surface area contributed by atoms with Crippen molar-refractivity contribution < 1.29 is 14.3 Å². The number of imidazole rings is 1. The van der Waals surface area contributed by atoms with Crippen LogP contribution in [-0.2, 0) is 4.74 Å². The number of nitrogens with zero attached hydrogens (tertiary/aromatic N) is 3. The molecule has 2 rings (SSSR count). The number of rotatable bonds is 9. The summed E-state index contributed by atoms with van der Waals surface area (Å²) in [6.45, 7) is 12.3. The molecule has 2 amide bonds. The lowest BCUT2D eigenvalue weighted by atomic mass is 10.2. The van der Waals surface area contributed by atoms with Crippen LogP contribution in [0.4, 0.5) is 4.79 Å². The Morgan fingerprint density at radius 1 is 1.25 bits per heavy atom. The average Bonchev–Trinajstić information content (AvgIpc) is 3.17. The largest absolute Gasteiger partial charge is 0.444 e. The lowest BCUT2D eigenvalue weighted by Crippen LogP contribution is -2.44. The third kappa shape index (κ3) is 8.26. The Balaban J connectivity index is 1.77. The van der Waals surface area contributed by atoms with E-state index in [1.54, 1.807) is 6.20 Å². The minimum absolute atomic E-state index is 0.0601. The first-order valence-corrected chi connectivity index (χ1v) is 10.0. The van der Waals surface area contributed by atoms with Gasteiger partial charge in [-0.3, -0.25) is 4.79 Å². The van der Waals surface area contributed by atoms with Crippen LogP contribution in [0.5, 0.6) is 0 Å². The van der Waals surface area contributed by atoms with Crippen LogP contribution in [0.25, 0.3) is 0 Å². The molecule has 0 aliphatic carbocycles. The van der Waals surface area contributed by atoms with E-state index in [2.05, 4.69) is 25.5 Å². The van der Waals surface area contributed by atoms with E-state index >= 15 is 0 Å². The van der Waals surface area contributed by atoms with Gasteiger partial charge >= 0.3 is 6.09 Å². The number of alkyl carbamates (subject to hydrolysis) is 1. The Labute approximate surface area is 167 Å². The standard InChI is InChI=1S/C19H34N6O3/c1-19(2,3)28-18(27)22-6-4-10-25(17(26)16-14-21-15-23-16)11-5-9-24-12-7-20-8-13-24/h14-15,20H,4-13H2,1-3H3,(H,21,23)(H,22,27). The lowest BCUT2D eigenvalue weighted by molar-refractivity contribution is 0.0525. The smallest absolute Gasteiger partial charge is 0.407 e. The molecule has 0 saturated carbocycles. The van der Waals surface area contributed by atoms with Gasteiger partial charge in [0.05, 0.1) is 12.5 Å². The van der Waals surface area contributed by atoms with Gasteiger partial charge in [-0.2, -0.15) is 0 Å². The van der Waals surface area contributed by atoms with Crippen molar-refractivity contribution in [2.45, 2.75) is 39.2 Å². The normalized spacial score (nSPS) is 15.2. The molecule has 1 aromatic heterocycles. The van der Waals surface area contributed by atoms with Crippen molar-refractivity contribution >= 4 is 12.0 Å². The number of hydrogen-bond donors (Lipinski definition) is 3. The zero-order valence-corrected chi connectivity index (χ0v) is 17.3. The summed E-state index contributed by atoms with van der Waals surface area (Å²) in [5.41, 5.74) is -0.0290. The van der Waals surface area contributed by atoms with Crippen LogP contribution in [0, 0.1) is 0 Å². The average molecular weight is 395 g/mol. The number of carbonyl (C=O) groups is 2. The highest BCUT2D eigenvalue weighted by molar-refractivity contribution is 5.92. The lowest BCUT2D eigenvalue weighted by Gasteiger charge is -2.28. The minimum Gasteiger partial charge on any atom is -0.444 e. The maximum Gasteiger partial charge on any atom is 0.407 e. The zero-order chi connectivity index (χ0) is 20.4. The minimum atomic E-state index is -0.517. The van der Waals surface area contributed by atoms with Crippen LogP contribution in [0.3, 0.4) is 0 Å². The predicted octanol–water partition coefficient (Wildman–Crippen LogP) is 1.06. The van der Waals surface area contributed by atoms with Crippen LogP contribution in [0.2, 0.25) is 0 Å². The monoisotopic (exact) mass is 394 g/mol. The molecule has 1 fully saturated rings. The molecule has 2 heterocycles. The number of aromatic nitrogens is 2. The van der Waals surface area contributed by atoms with Gasteiger partial charge in [-0.15, -0.1) is 0 Å². The predicted molar refractivity (Wildman–Crippen MR) is 107 cm³/mol. The van der Waals surface area contributed by atoms with E-state index in [-0.39, 0.29) is 5.91 Å². The molecule has 1 saturated heterocycles. The number of carbonyl (C=O) groups excluding carboxylic acids is 2. The van der Waals surface area contributed by atoms with Crippen LogP contribution in [0.1, 0.15) is 44.1 Å². The molecule has 0 aromatic carbocycles. The molecule has 1 aliphatic rings. The summed E-state index contributed by atoms with van der Waals surface area (Å²) in [5, 5.41) is 6.09. The van der Waals surface area contributed by atoms with Crippen molar-refractivity contribution in [3.05, 3.63) is 18.2 Å². The molecule has 0 bridgehead atoms. The van der Waals surface area contributed by atoms with Crippen molar-refractivity contribution in [3.63, 3.8) is 0 Å². The molecule has 0 radical (unpaired) electrons. The molecule has 1 aromatic rings. The summed E-state index contributed by atoms with van der Waals surface area (Å²) in [6.07, 6.45) is 4.20. The summed E-state index contributed by atoms with van der Waals surface area (Å²) in [6, 6.07) is 0. The van der Waals surface area contributed by atoms with Gasteiger partial charge in [-0.1, -0.05) is 0 Å². The van der Waals surface area contributed by atoms with Gasteiger partial charge in [0, 0.05) is 45.8 Å². The van der Waals surface area contributed by atoms with Gasteiger partial charge < -0.3 is 30.2 Å². The number of H-pyrrole nitrogens is 1. The van der Waals surface area contributed by atoms with Gasteiger partial charge in [0.25, 0.3) is 5.91 Å². The summed E-state index contributed by atoms with van der Waals surface area (Å²) in [7, 11) is 0. The second-order valence-electron chi connectivity index (χ2n) is 7.98. The second kappa shape index (κ2) is 11.0. The molecule has 3 N–H and O–H groups in total. The van der Waals surface area contributed by atoms with Gasteiger partial charge in [0.15, 0.2) is 0 Å². The number of hydrogen-bond acceptors (Lipinski definition) is 6. The highest BCUT2D eigenvalue weighted by Crippen LogP contribution is 2.07. The SMILES string of the molecule is CC(C)(C)OC(=O)NCCCN(CCCN1CCNCC1)C(=O)c1cnc[nH]1. The van der Waals surface area contributed by atoms with Crippen LogP contribution in [-0.4, -0.2) is 89.7 Å². The van der Waals surface area contributed by atoms with Crippen molar-refractivity contribution in [1.29, 1.82) is 0 Å². The van der Waals surface area contributed by atoms with E-state index in [0.29, 0.717) is 31.7 Å². The van der Waals surface area contributed by atoms with Crippen LogP contribution < -0.4 is 10.6 Å². The fourth-order valence-corrected chi connectivity index (χ4v) is 3.05. The highest BCUT2D eigenvalue weighted by atomic mass is 16.6. The molecular formula is C19H34N6O3. The zero-order valence-electron chi connectivity index (χ0n) is 17.3. The number of amides is 2. The van der Waals surface area contributed by atoms with Crippen LogP contribution >= 0.6 is 0 Å². The molecule has 9 heteroatoms. The topological polar surface area (TPSA) is 103 Å². The number of nitrogens with one attached hydrogen (secondary N) is 3. The Morgan fingerprint density at radius 3 is 2.61 bits per heavy atom. The van der Waals surface area contributed by atoms with Crippen molar-refractivity contribution in [2.75, 3.05) is 52.4 Å². The van der Waals surface area contributed by atoms with Gasteiger partial charge in [0.2, 0.25) is 0 Å². The summed E-state index contributed by atoms with van der Waals surface area (Å²) in [5.74, 6) is -0.0601. The van der Waals surface area contributed by atoms with E-state index in [9.17, 15) is 9.59 Å². The van der Waals surface area contributed by atoms with E-state index < -0.39 is 11.7 Å². The Hall–Kier alpha value is -2.13. The Kier molecular flexibility index (Phi) is 8.72. The van der Waals surface area contributed by atoms with Gasteiger partial charge in [-0.25, -0.2) is 9.78 Å². The number of aromatic amines is 1. The fourth-order valence-electron chi connectivity index (χ4n) is 3.05. The van der Waals surface area contributed by atoms with Crippen molar-refractivity contribution in [2.24, 2.45) is 0 Å².